The maximum atomic E-state index is 12.9. The van der Waals surface area contributed by atoms with Gasteiger partial charge in [0.15, 0.2) is 6.61 Å². The molecule has 0 bridgehead atoms. The zero-order valence-corrected chi connectivity index (χ0v) is 19.4. The Morgan fingerprint density at radius 2 is 2.06 bits per heavy atom. The average Bonchev–Trinajstić information content (AvgIpc) is 3.46. The van der Waals surface area contributed by atoms with Gasteiger partial charge in [-0.15, -0.1) is 16.4 Å². The lowest BCUT2D eigenvalue weighted by Gasteiger charge is -2.26. The molecule has 3 heterocycles. The summed E-state index contributed by atoms with van der Waals surface area (Å²) in [5, 5.41) is 12.8. The third kappa shape index (κ3) is 4.77. The summed E-state index contributed by atoms with van der Waals surface area (Å²) in [6.07, 6.45) is 0. The molecule has 0 radical (unpaired) electrons. The largest absolute Gasteiger partial charge is 0.385 e. The molecule has 1 aliphatic heterocycles. The molecule has 0 spiro atoms. The lowest BCUT2D eigenvalue weighted by Crippen LogP contribution is -2.40. The molecule has 1 N–H and O–H groups in total. The van der Waals surface area contributed by atoms with Gasteiger partial charge in [-0.3, -0.25) is 4.79 Å². The number of carbonyl (C=O) groups excluding carboxylic acids is 1. The van der Waals surface area contributed by atoms with Crippen molar-refractivity contribution >= 4 is 38.3 Å². The fourth-order valence-corrected chi connectivity index (χ4v) is 5.82. The van der Waals surface area contributed by atoms with Gasteiger partial charge >= 0.3 is 0 Å². The Balaban J connectivity index is 1.47. The second kappa shape index (κ2) is 9.53. The lowest BCUT2D eigenvalue weighted by atomic mass is 10.0. The van der Waals surface area contributed by atoms with Crippen LogP contribution in [0.2, 0.25) is 0 Å². The second-order valence-corrected chi connectivity index (χ2v) is 10.6. The molecule has 1 amide bonds. The van der Waals surface area contributed by atoms with Gasteiger partial charge in [-0.05, 0) is 40.8 Å². The van der Waals surface area contributed by atoms with Crippen LogP contribution in [0.25, 0.3) is 11.0 Å². The first-order valence-corrected chi connectivity index (χ1v) is 12.6. The third-order valence-electron chi connectivity index (χ3n) is 5.15. The van der Waals surface area contributed by atoms with Crippen molar-refractivity contribution in [2.45, 2.75) is 24.8 Å². The quantitative estimate of drug-likeness (QED) is 0.520. The Morgan fingerprint density at radius 1 is 1.28 bits per heavy atom. The third-order valence-corrected chi connectivity index (χ3v) is 8.00. The van der Waals surface area contributed by atoms with Crippen LogP contribution in [0.5, 0.6) is 0 Å². The summed E-state index contributed by atoms with van der Waals surface area (Å²) in [6.45, 7) is 5.11. The molecule has 3 aromatic rings. The minimum atomic E-state index is -3.68. The first-order valence-electron chi connectivity index (χ1n) is 10.3. The predicted octanol–water partition coefficient (Wildman–Crippen LogP) is 1.46. The molecule has 0 saturated carbocycles. The molecule has 4 rings (SSSR count). The number of benzene rings is 1. The van der Waals surface area contributed by atoms with Crippen molar-refractivity contribution in [1.82, 2.24) is 24.8 Å². The van der Waals surface area contributed by atoms with Crippen molar-refractivity contribution in [1.29, 1.82) is 0 Å². The molecule has 1 atom stereocenters. The molecule has 1 aromatic carbocycles. The Labute approximate surface area is 190 Å². The number of ether oxygens (including phenoxy) is 1. The van der Waals surface area contributed by atoms with Crippen molar-refractivity contribution in [3.05, 3.63) is 40.6 Å². The fourth-order valence-electron chi connectivity index (χ4n) is 3.44. The first kappa shape index (κ1) is 22.6. The minimum Gasteiger partial charge on any atom is -0.385 e. The summed E-state index contributed by atoms with van der Waals surface area (Å²) in [4.78, 5) is 20.3. The van der Waals surface area contributed by atoms with Crippen molar-refractivity contribution in [3.8, 4) is 0 Å². The van der Waals surface area contributed by atoms with Gasteiger partial charge in [0, 0.05) is 18.0 Å². The van der Waals surface area contributed by atoms with Crippen molar-refractivity contribution in [3.63, 3.8) is 0 Å². The molecular formula is C20H25N5O5S2. The standard InChI is InChI=1S/C20H25N5O5S2/c1-14(2)20(18-4-3-11-31-18)21-19(26)13-30-25-17-12-15(5-6-16(17)22-23-25)32(27,28)24-7-9-29-10-8-24/h3-6,11-12,14,20H,7-10,13H2,1-2H3,(H,21,26). The average molecular weight is 480 g/mol. The van der Waals surface area contributed by atoms with Crippen LogP contribution >= 0.6 is 11.3 Å². The molecule has 0 aliphatic carbocycles. The number of fused-ring (bicyclic) bond motifs is 1. The highest BCUT2D eigenvalue weighted by atomic mass is 32.2. The SMILES string of the molecule is CC(C)C(NC(=O)COn1nnc2ccc(S(=O)(=O)N3CCOCC3)cc21)c1cccs1. The number of nitrogens with one attached hydrogen (secondary N) is 1. The molecule has 172 valence electrons. The van der Waals surface area contributed by atoms with Gasteiger partial charge in [0.05, 0.1) is 24.2 Å². The number of thiophene rings is 1. The number of aromatic nitrogens is 3. The van der Waals surface area contributed by atoms with Crippen LogP contribution in [0.15, 0.2) is 40.6 Å². The number of hydrogen-bond donors (Lipinski definition) is 1. The van der Waals surface area contributed by atoms with E-state index in [1.54, 1.807) is 17.4 Å². The van der Waals surface area contributed by atoms with Gasteiger partial charge in [0.1, 0.15) is 11.0 Å². The number of nitrogens with zero attached hydrogens (tertiary/aromatic N) is 4. The molecule has 12 heteroatoms. The highest BCUT2D eigenvalue weighted by Gasteiger charge is 2.27. The molecule has 32 heavy (non-hydrogen) atoms. The normalized spacial score (nSPS) is 16.3. The van der Waals surface area contributed by atoms with E-state index in [0.29, 0.717) is 37.3 Å². The van der Waals surface area contributed by atoms with E-state index < -0.39 is 10.0 Å². The van der Waals surface area contributed by atoms with Gasteiger partial charge < -0.3 is 14.9 Å². The highest BCUT2D eigenvalue weighted by molar-refractivity contribution is 7.89. The van der Waals surface area contributed by atoms with E-state index in [1.165, 1.54) is 16.4 Å². The number of hydrogen-bond acceptors (Lipinski definition) is 8. The van der Waals surface area contributed by atoms with Crippen molar-refractivity contribution in [2.75, 3.05) is 32.9 Å². The van der Waals surface area contributed by atoms with Crippen molar-refractivity contribution < 1.29 is 22.8 Å². The summed E-state index contributed by atoms with van der Waals surface area (Å²) >= 11 is 1.58. The smallest absolute Gasteiger partial charge is 0.261 e. The molecule has 10 nitrogen and oxygen atoms in total. The van der Waals surface area contributed by atoms with E-state index in [9.17, 15) is 13.2 Å². The van der Waals surface area contributed by atoms with Crippen LogP contribution in [0, 0.1) is 5.92 Å². The number of carbonyl (C=O) groups is 1. The molecule has 1 saturated heterocycles. The number of amides is 1. The molecule has 1 fully saturated rings. The van der Waals surface area contributed by atoms with E-state index in [-0.39, 0.29) is 29.4 Å². The summed E-state index contributed by atoms with van der Waals surface area (Å²) in [5.41, 5.74) is 0.829. The van der Waals surface area contributed by atoms with Crippen LogP contribution in [-0.4, -0.2) is 66.7 Å². The Kier molecular flexibility index (Phi) is 6.74. The summed E-state index contributed by atoms with van der Waals surface area (Å²) in [7, 11) is -3.68. The van der Waals surface area contributed by atoms with Crippen LogP contribution in [0.1, 0.15) is 24.8 Å². The number of rotatable bonds is 8. The Bertz CT molecular complexity index is 1170. The Morgan fingerprint density at radius 3 is 2.75 bits per heavy atom. The van der Waals surface area contributed by atoms with E-state index in [2.05, 4.69) is 15.6 Å². The molecule has 1 unspecified atom stereocenters. The van der Waals surface area contributed by atoms with Crippen LogP contribution in [0.4, 0.5) is 0 Å². The van der Waals surface area contributed by atoms with Crippen LogP contribution in [-0.2, 0) is 19.6 Å². The molecular weight excluding hydrogens is 454 g/mol. The lowest BCUT2D eigenvalue weighted by molar-refractivity contribution is -0.127. The predicted molar refractivity (Wildman–Crippen MR) is 119 cm³/mol. The minimum absolute atomic E-state index is 0.112. The van der Waals surface area contributed by atoms with Gasteiger partial charge in [-0.25, -0.2) is 8.42 Å². The number of morpholine rings is 1. The second-order valence-electron chi connectivity index (χ2n) is 7.71. The Hall–Kier alpha value is -2.54. The summed E-state index contributed by atoms with van der Waals surface area (Å²) in [6, 6.07) is 8.33. The van der Waals surface area contributed by atoms with Crippen molar-refractivity contribution in [2.24, 2.45) is 5.92 Å². The monoisotopic (exact) mass is 479 g/mol. The number of sulfonamides is 1. The zero-order valence-electron chi connectivity index (χ0n) is 17.8. The molecule has 2 aromatic heterocycles. The highest BCUT2D eigenvalue weighted by Crippen LogP contribution is 2.25. The molecule has 1 aliphatic rings. The summed E-state index contributed by atoms with van der Waals surface area (Å²) < 4.78 is 32.5. The van der Waals surface area contributed by atoms with Gasteiger partial charge in [0.2, 0.25) is 10.0 Å². The van der Waals surface area contributed by atoms with Gasteiger partial charge in [-0.2, -0.15) is 4.31 Å². The van der Waals surface area contributed by atoms with Crippen LogP contribution in [0.3, 0.4) is 0 Å². The maximum Gasteiger partial charge on any atom is 0.261 e. The van der Waals surface area contributed by atoms with E-state index in [4.69, 9.17) is 9.57 Å². The van der Waals surface area contributed by atoms with Gasteiger partial charge in [0.25, 0.3) is 5.91 Å². The topological polar surface area (TPSA) is 116 Å². The van der Waals surface area contributed by atoms with Crippen LogP contribution < -0.4 is 10.2 Å². The maximum absolute atomic E-state index is 12.9. The summed E-state index contributed by atoms with van der Waals surface area (Å²) in [5.74, 6) is -0.101. The fraction of sp³-hybridized carbons (Fsp3) is 0.450. The van der Waals surface area contributed by atoms with Gasteiger partial charge in [-0.1, -0.05) is 24.8 Å². The van der Waals surface area contributed by atoms with E-state index in [1.807, 2.05) is 31.4 Å². The van der Waals surface area contributed by atoms with E-state index >= 15 is 0 Å². The van der Waals surface area contributed by atoms with E-state index in [0.717, 1.165) is 9.72 Å². The first-order chi connectivity index (χ1) is 15.4. The zero-order chi connectivity index (χ0) is 22.7.